The van der Waals surface area contributed by atoms with Crippen LogP contribution in [0.4, 0.5) is 0 Å². The van der Waals surface area contributed by atoms with E-state index in [-0.39, 0.29) is 5.41 Å². The highest BCUT2D eigenvalue weighted by atomic mass is 16.5. The first-order valence-electron chi connectivity index (χ1n) is 35.4. The van der Waals surface area contributed by atoms with Crippen molar-refractivity contribution < 1.29 is 9.47 Å². The molecular weight excluding hydrogens is 1250 g/mol. The summed E-state index contributed by atoms with van der Waals surface area (Å²) < 4.78 is 14.0. The Hall–Kier alpha value is -13.2. The molecule has 0 N–H and O–H groups in total. The molecule has 21 rings (SSSR count). The normalized spacial score (nSPS) is 14.1. The fraction of sp³-hybridized carbons (Fsp3) is 0.0515. The summed E-state index contributed by atoms with van der Waals surface area (Å²) in [4.78, 5) is 21.1. The van der Waals surface area contributed by atoms with Gasteiger partial charge in [0.1, 0.15) is 23.0 Å². The molecule has 14 aromatic carbocycles. The summed E-state index contributed by atoms with van der Waals surface area (Å²) in [6.07, 6.45) is 0. The van der Waals surface area contributed by atoms with Crippen LogP contribution in [0, 0.1) is 0 Å². The predicted octanol–water partition coefficient (Wildman–Crippen LogP) is 23.8. The SMILES string of the molecule is CC1(C)c2ccc(-c3ccc4c(c3)C3(c5cc(-c6ccc(-c7cc(-c8ccccc8)nc(-c8ccccc8)n7)cc6)ccc5O4)c4ccccc4-c4ccccc43)cc2-c2ccc(-c3cc(-c4ccc5c(c4)C4(c6ccccc6O5)c5ccccc5-c5ccccc54)nc(-c4ccccc4)n3)cc21. The van der Waals surface area contributed by atoms with Crippen LogP contribution in [0.3, 0.4) is 0 Å². The van der Waals surface area contributed by atoms with Crippen LogP contribution >= 0.6 is 0 Å². The summed E-state index contributed by atoms with van der Waals surface area (Å²) in [6.45, 7) is 4.72. The number of hydrogen-bond donors (Lipinski definition) is 0. The van der Waals surface area contributed by atoms with Gasteiger partial charge in [-0.25, -0.2) is 19.9 Å². The van der Waals surface area contributed by atoms with Crippen LogP contribution in [0.5, 0.6) is 23.0 Å². The lowest BCUT2D eigenvalue weighted by atomic mass is 9.65. The summed E-state index contributed by atoms with van der Waals surface area (Å²) in [5.41, 5.74) is 31.6. The van der Waals surface area contributed by atoms with Gasteiger partial charge in [-0.3, -0.25) is 0 Å². The maximum Gasteiger partial charge on any atom is 0.160 e. The Morgan fingerprint density at radius 2 is 0.505 bits per heavy atom. The maximum absolute atomic E-state index is 7.16. The van der Waals surface area contributed by atoms with Crippen molar-refractivity contribution in [3.05, 3.63) is 395 Å². The number of ether oxygens (including phenoxy) is 2. The van der Waals surface area contributed by atoms with Crippen molar-refractivity contribution in [2.24, 2.45) is 0 Å². The van der Waals surface area contributed by atoms with Crippen LogP contribution in [0.25, 0.3) is 123 Å². The Bertz CT molecular complexity index is 6070. The summed E-state index contributed by atoms with van der Waals surface area (Å²) in [7, 11) is 0. The van der Waals surface area contributed by atoms with Gasteiger partial charge in [-0.2, -0.15) is 0 Å². The minimum Gasteiger partial charge on any atom is -0.457 e. The van der Waals surface area contributed by atoms with Crippen molar-refractivity contribution in [2.75, 3.05) is 0 Å². The number of rotatable bonds is 8. The van der Waals surface area contributed by atoms with E-state index in [2.05, 4.69) is 323 Å². The molecule has 0 saturated carbocycles. The molecule has 3 aliphatic carbocycles. The van der Waals surface area contributed by atoms with E-state index in [1.807, 2.05) is 30.3 Å². The fourth-order valence-electron chi connectivity index (χ4n) is 17.7. The molecule has 0 unspecified atom stereocenters. The molecule has 103 heavy (non-hydrogen) atoms. The molecule has 0 amide bonds. The van der Waals surface area contributed by atoms with Crippen LogP contribution in [0.1, 0.15) is 69.5 Å². The van der Waals surface area contributed by atoms with E-state index < -0.39 is 10.8 Å². The van der Waals surface area contributed by atoms with E-state index in [4.69, 9.17) is 29.4 Å². The maximum atomic E-state index is 7.16. The van der Waals surface area contributed by atoms with Crippen LogP contribution in [0.2, 0.25) is 0 Å². The standard InChI is InChI=1S/C97H62N4O2/c1-95(2)75-48-43-64(52-74(75)73-47-42-67(55-81(73)95)87-58-88(101-94(100-87)63-26-10-5-11-27-63)68-46-51-92-84(56-68)96(80-36-20-21-37-89(80)102-92)76-32-16-12-28-69(76)70-29-13-17-33-77(70)96)66-45-50-91-83(54-66)97(78-34-18-14-30-71(78)72-31-15-19-35-79(72)97)82-53-65(44-49-90(82)103-91)59-38-40-61(41-39-59)86-57-85(60-22-6-3-7-23-60)98-93(99-86)62-24-8-4-9-25-62/h3-58H,1-2H3. The number of aromatic nitrogens is 4. The second-order valence-electron chi connectivity index (χ2n) is 28.3. The molecule has 5 aliphatic rings. The van der Waals surface area contributed by atoms with Crippen molar-refractivity contribution in [1.29, 1.82) is 0 Å². The van der Waals surface area contributed by atoms with Gasteiger partial charge in [0, 0.05) is 61.0 Å². The zero-order valence-electron chi connectivity index (χ0n) is 56.4. The van der Waals surface area contributed by atoms with Crippen molar-refractivity contribution >= 4 is 0 Å². The summed E-state index contributed by atoms with van der Waals surface area (Å²) in [6, 6.07) is 123. The molecule has 0 bridgehead atoms. The van der Waals surface area contributed by atoms with Gasteiger partial charge < -0.3 is 9.47 Å². The molecule has 0 atom stereocenters. The highest BCUT2D eigenvalue weighted by Crippen LogP contribution is 2.65. The Labute approximate surface area is 597 Å². The largest absolute Gasteiger partial charge is 0.457 e. The first-order valence-corrected chi connectivity index (χ1v) is 35.4. The topological polar surface area (TPSA) is 70.0 Å². The summed E-state index contributed by atoms with van der Waals surface area (Å²) >= 11 is 0. The lowest BCUT2D eigenvalue weighted by molar-refractivity contribution is 0.436. The van der Waals surface area contributed by atoms with Gasteiger partial charge in [-0.05, 0) is 162 Å². The van der Waals surface area contributed by atoms with Gasteiger partial charge >= 0.3 is 0 Å². The number of hydrogen-bond acceptors (Lipinski definition) is 6. The van der Waals surface area contributed by atoms with Crippen molar-refractivity contribution in [3.63, 3.8) is 0 Å². The van der Waals surface area contributed by atoms with Gasteiger partial charge in [-0.15, -0.1) is 0 Å². The highest BCUT2D eigenvalue weighted by Gasteiger charge is 2.53. The highest BCUT2D eigenvalue weighted by molar-refractivity contribution is 5.93. The zero-order valence-corrected chi connectivity index (χ0v) is 56.4. The molecule has 2 aliphatic heterocycles. The van der Waals surface area contributed by atoms with E-state index in [1.165, 1.54) is 66.8 Å². The lowest BCUT2D eigenvalue weighted by Gasteiger charge is -2.40. The molecule has 2 spiro atoms. The Morgan fingerprint density at radius 1 is 0.194 bits per heavy atom. The number of fused-ring (bicyclic) bond motifs is 21. The van der Waals surface area contributed by atoms with Crippen molar-refractivity contribution in [2.45, 2.75) is 30.1 Å². The number of nitrogens with zero attached hydrogens (tertiary/aromatic N) is 4. The molecular formula is C97H62N4O2. The van der Waals surface area contributed by atoms with Gasteiger partial charge in [-0.1, -0.05) is 281 Å². The van der Waals surface area contributed by atoms with Gasteiger partial charge in [0.05, 0.1) is 33.6 Å². The molecule has 16 aromatic rings. The van der Waals surface area contributed by atoms with E-state index in [0.717, 1.165) is 124 Å². The molecule has 6 nitrogen and oxygen atoms in total. The third-order valence-electron chi connectivity index (χ3n) is 22.5. The number of benzene rings is 14. The summed E-state index contributed by atoms with van der Waals surface area (Å²) in [5.74, 6) is 4.75. The first-order chi connectivity index (χ1) is 50.7. The minimum atomic E-state index is -0.704. The van der Waals surface area contributed by atoms with Gasteiger partial charge in [0.25, 0.3) is 0 Å². The van der Waals surface area contributed by atoms with Crippen molar-refractivity contribution in [3.8, 4) is 146 Å². The monoisotopic (exact) mass is 1310 g/mol. The fourth-order valence-corrected chi connectivity index (χ4v) is 17.7. The second-order valence-corrected chi connectivity index (χ2v) is 28.3. The molecule has 482 valence electrons. The third kappa shape index (κ3) is 8.74. The quantitative estimate of drug-likeness (QED) is 0.151. The molecule has 4 heterocycles. The predicted molar refractivity (Wildman–Crippen MR) is 413 cm³/mol. The first kappa shape index (κ1) is 58.8. The van der Waals surface area contributed by atoms with Crippen molar-refractivity contribution in [1.82, 2.24) is 19.9 Å². The van der Waals surface area contributed by atoms with Gasteiger partial charge in [0.2, 0.25) is 0 Å². The van der Waals surface area contributed by atoms with E-state index in [0.29, 0.717) is 11.6 Å². The Balaban J connectivity index is 0.657. The molecule has 6 heteroatoms. The second kappa shape index (κ2) is 22.4. The summed E-state index contributed by atoms with van der Waals surface area (Å²) in [5, 5.41) is 0. The number of para-hydroxylation sites is 1. The van der Waals surface area contributed by atoms with Gasteiger partial charge in [0.15, 0.2) is 11.6 Å². The van der Waals surface area contributed by atoms with Crippen LogP contribution in [-0.4, -0.2) is 19.9 Å². The average molecular weight is 1320 g/mol. The smallest absolute Gasteiger partial charge is 0.160 e. The van der Waals surface area contributed by atoms with Crippen LogP contribution < -0.4 is 9.47 Å². The Morgan fingerprint density at radius 3 is 1.00 bits per heavy atom. The van der Waals surface area contributed by atoms with Crippen LogP contribution in [-0.2, 0) is 16.2 Å². The van der Waals surface area contributed by atoms with E-state index >= 15 is 0 Å². The third-order valence-corrected chi connectivity index (χ3v) is 22.5. The Kier molecular flexibility index (Phi) is 12.8. The minimum absolute atomic E-state index is 0.325. The molecule has 0 radical (unpaired) electrons. The molecule has 2 aromatic heterocycles. The average Bonchev–Trinajstić information content (AvgIpc) is 1.54. The lowest BCUT2D eigenvalue weighted by Crippen LogP contribution is -2.32. The van der Waals surface area contributed by atoms with E-state index in [1.54, 1.807) is 0 Å². The van der Waals surface area contributed by atoms with Crippen LogP contribution in [0.15, 0.2) is 340 Å². The molecule has 0 saturated heterocycles. The molecule has 0 fully saturated rings. The zero-order chi connectivity index (χ0) is 68.1. The van der Waals surface area contributed by atoms with E-state index in [9.17, 15) is 0 Å².